The highest BCUT2D eigenvalue weighted by atomic mass is 32.2. The maximum atomic E-state index is 12.5. The molecule has 0 saturated carbocycles. The van der Waals surface area contributed by atoms with Crippen molar-refractivity contribution >= 4 is 34.7 Å². The van der Waals surface area contributed by atoms with Gasteiger partial charge in [-0.25, -0.2) is 9.67 Å². The minimum Gasteiger partial charge on any atom is -0.352 e. The second kappa shape index (κ2) is 9.75. The van der Waals surface area contributed by atoms with Crippen molar-refractivity contribution in [2.45, 2.75) is 22.6 Å². The lowest BCUT2D eigenvalue weighted by molar-refractivity contribution is -0.387. The van der Waals surface area contributed by atoms with E-state index >= 15 is 0 Å². The minimum atomic E-state index is -0.471. The van der Waals surface area contributed by atoms with Gasteiger partial charge in [-0.3, -0.25) is 14.9 Å². The van der Waals surface area contributed by atoms with Crippen molar-refractivity contribution in [2.75, 3.05) is 6.54 Å². The number of rotatable bonds is 8. The average Bonchev–Trinajstić information content (AvgIpc) is 3.46. The number of benzene rings is 2. The molecule has 1 N–H and O–H groups in total. The van der Waals surface area contributed by atoms with Gasteiger partial charge in [0, 0.05) is 41.6 Å². The Hall–Kier alpha value is -3.50. The fourth-order valence-electron chi connectivity index (χ4n) is 3.02. The molecule has 0 atom stereocenters. The predicted octanol–water partition coefficient (Wildman–Crippen LogP) is 4.67. The molecule has 2 aromatic heterocycles. The number of nitro groups is 1. The molecule has 2 aromatic carbocycles. The Labute approximate surface area is 192 Å². The minimum absolute atomic E-state index is 0.107. The van der Waals surface area contributed by atoms with Crippen molar-refractivity contribution in [3.63, 3.8) is 0 Å². The summed E-state index contributed by atoms with van der Waals surface area (Å²) in [5, 5.41) is 20.5. The third-order valence-electron chi connectivity index (χ3n) is 4.62. The highest BCUT2D eigenvalue weighted by Crippen LogP contribution is 2.36. The molecule has 4 aromatic rings. The Bertz CT molecular complexity index is 1240. The first-order chi connectivity index (χ1) is 15.5. The number of hydrogen-bond acceptors (Lipinski definition) is 7. The highest BCUT2D eigenvalue weighted by molar-refractivity contribution is 8.01. The zero-order chi connectivity index (χ0) is 22.5. The van der Waals surface area contributed by atoms with Gasteiger partial charge in [0.25, 0.3) is 11.6 Å². The molecule has 0 radical (unpaired) electrons. The maximum Gasteiger partial charge on any atom is 0.284 e. The summed E-state index contributed by atoms with van der Waals surface area (Å²) in [6, 6.07) is 14.3. The number of aryl methyl sites for hydroxylation is 1. The van der Waals surface area contributed by atoms with E-state index in [1.54, 1.807) is 23.0 Å². The third-order valence-corrected chi connectivity index (χ3v) is 6.74. The van der Waals surface area contributed by atoms with E-state index in [0.29, 0.717) is 17.9 Å². The molecule has 8 nitrogen and oxygen atoms in total. The molecular formula is C22H19N5O3S2. The molecular weight excluding hydrogens is 446 g/mol. The molecule has 4 rings (SSSR count). The van der Waals surface area contributed by atoms with Crippen LogP contribution in [0.15, 0.2) is 75.5 Å². The first kappa shape index (κ1) is 21.7. The molecule has 2 heterocycles. The summed E-state index contributed by atoms with van der Waals surface area (Å²) in [5.41, 5.74) is 3.04. The molecule has 0 spiro atoms. The monoisotopic (exact) mass is 465 g/mol. The molecule has 10 heteroatoms. The molecule has 0 bridgehead atoms. The van der Waals surface area contributed by atoms with Gasteiger partial charge in [-0.05, 0) is 49.2 Å². The van der Waals surface area contributed by atoms with E-state index in [1.807, 2.05) is 48.8 Å². The number of nitro benzene ring substituents is 1. The van der Waals surface area contributed by atoms with E-state index in [9.17, 15) is 14.9 Å². The average molecular weight is 466 g/mol. The van der Waals surface area contributed by atoms with E-state index in [-0.39, 0.29) is 17.2 Å². The number of carbonyl (C=O) groups is 1. The second-order valence-corrected chi connectivity index (χ2v) is 9.07. The largest absolute Gasteiger partial charge is 0.352 e. The van der Waals surface area contributed by atoms with Crippen LogP contribution < -0.4 is 5.32 Å². The molecule has 0 saturated heterocycles. The van der Waals surface area contributed by atoms with Crippen molar-refractivity contribution in [2.24, 2.45) is 0 Å². The SMILES string of the molecule is Cc1csc(Sc2ccc(C(=O)NCCc3ccc(-n4cccn4)cc3)cc2[N+](=O)[O-])n1. The third kappa shape index (κ3) is 5.21. The number of amides is 1. The zero-order valence-electron chi connectivity index (χ0n) is 17.1. The van der Waals surface area contributed by atoms with Crippen LogP contribution in [0.1, 0.15) is 21.6 Å². The first-order valence-electron chi connectivity index (χ1n) is 9.75. The van der Waals surface area contributed by atoms with Crippen LogP contribution >= 0.6 is 23.1 Å². The maximum absolute atomic E-state index is 12.5. The summed E-state index contributed by atoms with van der Waals surface area (Å²) in [6.07, 6.45) is 4.24. The van der Waals surface area contributed by atoms with Gasteiger partial charge in [0.2, 0.25) is 0 Å². The van der Waals surface area contributed by atoms with Gasteiger partial charge in [0.1, 0.15) is 0 Å². The topological polar surface area (TPSA) is 103 Å². The lowest BCUT2D eigenvalue weighted by atomic mass is 10.1. The van der Waals surface area contributed by atoms with Crippen LogP contribution in [0.4, 0.5) is 5.69 Å². The van der Waals surface area contributed by atoms with Crippen molar-refractivity contribution in [3.8, 4) is 5.69 Å². The van der Waals surface area contributed by atoms with Gasteiger partial charge >= 0.3 is 0 Å². The van der Waals surface area contributed by atoms with Crippen LogP contribution in [0.5, 0.6) is 0 Å². The number of thiazole rings is 1. The zero-order valence-corrected chi connectivity index (χ0v) is 18.7. The van der Waals surface area contributed by atoms with Crippen molar-refractivity contribution in [1.82, 2.24) is 20.1 Å². The van der Waals surface area contributed by atoms with Gasteiger partial charge < -0.3 is 5.32 Å². The molecule has 0 fully saturated rings. The number of nitrogens with zero attached hydrogens (tertiary/aromatic N) is 4. The standard InChI is InChI=1S/C22H19N5O3S2/c1-15-14-31-22(25-15)32-20-8-5-17(13-19(20)27(29)30)21(28)23-11-9-16-3-6-18(7-4-16)26-12-2-10-24-26/h2-8,10,12-14H,9,11H2,1H3,(H,23,28). The molecule has 32 heavy (non-hydrogen) atoms. The van der Waals surface area contributed by atoms with Crippen LogP contribution in [0.2, 0.25) is 0 Å². The van der Waals surface area contributed by atoms with E-state index in [4.69, 9.17) is 0 Å². The fourth-order valence-corrected chi connectivity index (χ4v) is 4.90. The molecule has 0 aliphatic heterocycles. The summed E-state index contributed by atoms with van der Waals surface area (Å²) >= 11 is 2.66. The van der Waals surface area contributed by atoms with Gasteiger partial charge in [-0.2, -0.15) is 5.10 Å². The van der Waals surface area contributed by atoms with Crippen molar-refractivity contribution in [3.05, 3.63) is 93.2 Å². The van der Waals surface area contributed by atoms with Crippen molar-refractivity contribution in [1.29, 1.82) is 0 Å². The van der Waals surface area contributed by atoms with E-state index in [1.165, 1.54) is 29.2 Å². The Kier molecular flexibility index (Phi) is 6.62. The lowest BCUT2D eigenvalue weighted by Crippen LogP contribution is -2.25. The Balaban J connectivity index is 1.37. The fraction of sp³-hybridized carbons (Fsp3) is 0.136. The summed E-state index contributed by atoms with van der Waals surface area (Å²) in [6.45, 7) is 2.29. The highest BCUT2D eigenvalue weighted by Gasteiger charge is 2.19. The van der Waals surface area contributed by atoms with Crippen molar-refractivity contribution < 1.29 is 9.72 Å². The van der Waals surface area contributed by atoms with Crippen LogP contribution in [0.25, 0.3) is 5.69 Å². The molecule has 0 unspecified atom stereocenters. The number of hydrogen-bond donors (Lipinski definition) is 1. The number of nitrogens with one attached hydrogen (secondary N) is 1. The van der Waals surface area contributed by atoms with E-state index in [0.717, 1.165) is 21.3 Å². The Morgan fingerprint density at radius 3 is 2.72 bits per heavy atom. The van der Waals surface area contributed by atoms with Crippen LogP contribution in [0, 0.1) is 17.0 Å². The van der Waals surface area contributed by atoms with Crippen LogP contribution in [-0.4, -0.2) is 32.1 Å². The molecule has 0 aliphatic rings. The van der Waals surface area contributed by atoms with E-state index < -0.39 is 4.92 Å². The van der Waals surface area contributed by atoms with E-state index in [2.05, 4.69) is 15.4 Å². The summed E-state index contributed by atoms with van der Waals surface area (Å²) in [7, 11) is 0. The molecule has 0 aliphatic carbocycles. The normalized spacial score (nSPS) is 10.8. The predicted molar refractivity (Wildman–Crippen MR) is 124 cm³/mol. The number of carbonyl (C=O) groups excluding carboxylic acids is 1. The van der Waals surface area contributed by atoms with Gasteiger partial charge in [0.05, 0.1) is 15.5 Å². The summed E-state index contributed by atoms with van der Waals surface area (Å²) < 4.78 is 2.50. The Morgan fingerprint density at radius 1 is 1.25 bits per heavy atom. The summed E-state index contributed by atoms with van der Waals surface area (Å²) in [5.74, 6) is -0.345. The van der Waals surface area contributed by atoms with Gasteiger partial charge in [0.15, 0.2) is 4.34 Å². The molecule has 162 valence electrons. The first-order valence-corrected chi connectivity index (χ1v) is 11.4. The van der Waals surface area contributed by atoms with Gasteiger partial charge in [-0.15, -0.1) is 11.3 Å². The van der Waals surface area contributed by atoms with Gasteiger partial charge in [-0.1, -0.05) is 23.9 Å². The lowest BCUT2D eigenvalue weighted by Gasteiger charge is -2.08. The Morgan fingerprint density at radius 2 is 2.06 bits per heavy atom. The smallest absolute Gasteiger partial charge is 0.284 e. The van der Waals surface area contributed by atoms with Crippen LogP contribution in [0.3, 0.4) is 0 Å². The second-order valence-electron chi connectivity index (χ2n) is 6.92. The van der Waals surface area contributed by atoms with Crippen LogP contribution in [-0.2, 0) is 6.42 Å². The number of aromatic nitrogens is 3. The quantitative estimate of drug-likeness (QED) is 0.300. The molecule has 1 amide bonds. The summed E-state index contributed by atoms with van der Waals surface area (Å²) in [4.78, 5) is 28.4.